The first-order chi connectivity index (χ1) is 10.4. The summed E-state index contributed by atoms with van der Waals surface area (Å²) in [6.07, 6.45) is 0.236. The smallest absolute Gasteiger partial charge is 0.347 e. The lowest BCUT2D eigenvalue weighted by Crippen LogP contribution is -2.31. The van der Waals surface area contributed by atoms with Crippen molar-refractivity contribution in [2.75, 3.05) is 0 Å². The molecular weight excluding hydrogens is 300 g/mol. The van der Waals surface area contributed by atoms with Crippen LogP contribution < -0.4 is 11.0 Å². The third kappa shape index (κ3) is 4.00. The topological polar surface area (TPSA) is 76.9 Å². The Labute approximate surface area is 133 Å². The Balaban J connectivity index is 1.95. The highest BCUT2D eigenvalue weighted by molar-refractivity contribution is 7.09. The Morgan fingerprint density at radius 1 is 1.32 bits per heavy atom. The molecule has 0 spiro atoms. The summed E-state index contributed by atoms with van der Waals surface area (Å²) in [5.41, 5.74) is 2.15. The van der Waals surface area contributed by atoms with Crippen LogP contribution in [-0.4, -0.2) is 20.4 Å². The van der Waals surface area contributed by atoms with Gasteiger partial charge in [-0.1, -0.05) is 0 Å². The average Bonchev–Trinajstić information content (AvgIpc) is 2.84. The second kappa shape index (κ2) is 6.83. The van der Waals surface area contributed by atoms with Crippen LogP contribution in [0.2, 0.25) is 0 Å². The van der Waals surface area contributed by atoms with Crippen LogP contribution in [-0.2, 0) is 11.3 Å². The predicted molar refractivity (Wildman–Crippen MR) is 86.0 cm³/mol. The molecule has 7 heteroatoms. The summed E-state index contributed by atoms with van der Waals surface area (Å²) in [6, 6.07) is 1.71. The Hall–Kier alpha value is -2.02. The van der Waals surface area contributed by atoms with Gasteiger partial charge >= 0.3 is 5.69 Å². The lowest BCUT2D eigenvalue weighted by molar-refractivity contribution is -0.122. The highest BCUT2D eigenvalue weighted by atomic mass is 32.1. The number of hydrogen-bond donors (Lipinski definition) is 1. The maximum atomic E-state index is 12.0. The molecule has 1 atom stereocenters. The maximum Gasteiger partial charge on any atom is 0.347 e. The summed E-state index contributed by atoms with van der Waals surface area (Å²) < 4.78 is 1.52. The van der Waals surface area contributed by atoms with E-state index in [-0.39, 0.29) is 24.1 Å². The molecule has 0 aliphatic heterocycles. The monoisotopic (exact) mass is 320 g/mol. The van der Waals surface area contributed by atoms with E-state index in [0.717, 1.165) is 16.4 Å². The molecule has 0 unspecified atom stereocenters. The standard InChI is InChI=1S/C15H20N4O2S/c1-9-7-11(3)19(15(21)17-9)6-5-13(20)18-12(4)14-16-10(2)8-22-14/h7-8,12H,5-6H2,1-4H3,(H,18,20)/t12-/m1/s1. The van der Waals surface area contributed by atoms with Gasteiger partial charge in [0.1, 0.15) is 5.01 Å². The zero-order valence-electron chi connectivity index (χ0n) is 13.2. The molecule has 6 nitrogen and oxygen atoms in total. The van der Waals surface area contributed by atoms with E-state index in [0.29, 0.717) is 12.2 Å². The number of nitrogens with one attached hydrogen (secondary N) is 1. The van der Waals surface area contributed by atoms with E-state index in [1.54, 1.807) is 6.92 Å². The molecule has 0 saturated heterocycles. The van der Waals surface area contributed by atoms with Crippen LogP contribution in [0, 0.1) is 20.8 Å². The molecule has 0 aliphatic rings. The fourth-order valence-electron chi connectivity index (χ4n) is 2.21. The molecule has 2 rings (SSSR count). The number of aromatic nitrogens is 3. The first kappa shape index (κ1) is 16.4. The summed E-state index contributed by atoms with van der Waals surface area (Å²) in [5.74, 6) is -0.104. The SMILES string of the molecule is Cc1csc([C@@H](C)NC(=O)CCn2c(C)cc(C)nc2=O)n1. The zero-order valence-corrected chi connectivity index (χ0v) is 14.0. The van der Waals surface area contributed by atoms with E-state index in [1.807, 2.05) is 32.2 Å². The van der Waals surface area contributed by atoms with Gasteiger partial charge in [-0.15, -0.1) is 11.3 Å². The van der Waals surface area contributed by atoms with Crippen molar-refractivity contribution in [3.05, 3.63) is 44.0 Å². The van der Waals surface area contributed by atoms with Crippen LogP contribution in [0.3, 0.4) is 0 Å². The molecule has 0 saturated carbocycles. The lowest BCUT2D eigenvalue weighted by Gasteiger charge is -2.13. The van der Waals surface area contributed by atoms with Crippen LogP contribution >= 0.6 is 11.3 Å². The summed E-state index contributed by atoms with van der Waals surface area (Å²) in [7, 11) is 0. The molecule has 0 bridgehead atoms. The quantitative estimate of drug-likeness (QED) is 0.912. The normalized spacial score (nSPS) is 12.2. The van der Waals surface area contributed by atoms with Crippen molar-refractivity contribution in [1.29, 1.82) is 0 Å². The van der Waals surface area contributed by atoms with Gasteiger partial charge in [-0.3, -0.25) is 9.36 Å². The number of thiazole rings is 1. The average molecular weight is 320 g/mol. The minimum Gasteiger partial charge on any atom is -0.347 e. The molecule has 0 aliphatic carbocycles. The van der Waals surface area contributed by atoms with E-state index < -0.39 is 0 Å². The summed E-state index contributed by atoms with van der Waals surface area (Å²) in [5, 5.41) is 5.75. The van der Waals surface area contributed by atoms with Crippen LogP contribution in [0.5, 0.6) is 0 Å². The molecule has 2 aromatic heterocycles. The van der Waals surface area contributed by atoms with Gasteiger partial charge in [-0.25, -0.2) is 9.78 Å². The minimum absolute atomic E-state index is 0.104. The van der Waals surface area contributed by atoms with Crippen molar-refractivity contribution in [3.63, 3.8) is 0 Å². The van der Waals surface area contributed by atoms with Gasteiger partial charge in [0, 0.05) is 35.4 Å². The molecule has 118 valence electrons. The van der Waals surface area contributed by atoms with Crippen molar-refractivity contribution in [2.45, 2.75) is 46.7 Å². The maximum absolute atomic E-state index is 12.0. The van der Waals surface area contributed by atoms with Gasteiger partial charge < -0.3 is 5.32 Å². The molecule has 0 fully saturated rings. The zero-order chi connectivity index (χ0) is 16.3. The van der Waals surface area contributed by atoms with Gasteiger partial charge in [-0.2, -0.15) is 4.98 Å². The number of carbonyl (C=O) groups excluding carboxylic acids is 1. The summed E-state index contributed by atoms with van der Waals surface area (Å²) in [4.78, 5) is 32.1. The van der Waals surface area contributed by atoms with Crippen LogP contribution in [0.4, 0.5) is 0 Å². The predicted octanol–water partition coefficient (Wildman–Crippen LogP) is 1.89. The van der Waals surface area contributed by atoms with Crippen molar-refractivity contribution in [1.82, 2.24) is 19.9 Å². The number of nitrogens with zero attached hydrogens (tertiary/aromatic N) is 3. The van der Waals surface area contributed by atoms with E-state index in [1.165, 1.54) is 15.9 Å². The van der Waals surface area contributed by atoms with Gasteiger partial charge in [-0.05, 0) is 33.8 Å². The molecule has 22 heavy (non-hydrogen) atoms. The van der Waals surface area contributed by atoms with Gasteiger partial charge in [0.2, 0.25) is 5.91 Å². The first-order valence-electron chi connectivity index (χ1n) is 7.13. The molecule has 2 aromatic rings. The fraction of sp³-hybridized carbons (Fsp3) is 0.467. The highest BCUT2D eigenvalue weighted by Crippen LogP contribution is 2.17. The van der Waals surface area contributed by atoms with Crippen molar-refractivity contribution >= 4 is 17.2 Å². The Kier molecular flexibility index (Phi) is 5.07. The second-order valence-electron chi connectivity index (χ2n) is 5.34. The van der Waals surface area contributed by atoms with E-state index in [9.17, 15) is 9.59 Å². The van der Waals surface area contributed by atoms with E-state index >= 15 is 0 Å². The second-order valence-corrected chi connectivity index (χ2v) is 6.23. The summed E-state index contributed by atoms with van der Waals surface area (Å²) >= 11 is 1.53. The van der Waals surface area contributed by atoms with Crippen molar-refractivity contribution in [3.8, 4) is 0 Å². The highest BCUT2D eigenvalue weighted by Gasteiger charge is 2.13. The van der Waals surface area contributed by atoms with Crippen molar-refractivity contribution in [2.24, 2.45) is 0 Å². The van der Waals surface area contributed by atoms with Gasteiger partial charge in [0.05, 0.1) is 6.04 Å². The molecule has 1 amide bonds. The van der Waals surface area contributed by atoms with Crippen molar-refractivity contribution < 1.29 is 4.79 Å². The molecule has 0 aromatic carbocycles. The van der Waals surface area contributed by atoms with E-state index in [4.69, 9.17) is 0 Å². The number of amides is 1. The van der Waals surface area contributed by atoms with Gasteiger partial charge in [0.15, 0.2) is 0 Å². The lowest BCUT2D eigenvalue weighted by atomic mass is 10.3. The largest absolute Gasteiger partial charge is 0.347 e. The first-order valence-corrected chi connectivity index (χ1v) is 8.01. The number of hydrogen-bond acceptors (Lipinski definition) is 5. The van der Waals surface area contributed by atoms with Gasteiger partial charge in [0.25, 0.3) is 0 Å². The third-order valence-electron chi connectivity index (χ3n) is 3.29. The molecule has 0 radical (unpaired) electrons. The Bertz CT molecular complexity index is 735. The van der Waals surface area contributed by atoms with Crippen LogP contribution in [0.1, 0.15) is 41.5 Å². The fourth-order valence-corrected chi connectivity index (χ4v) is 3.01. The third-order valence-corrected chi connectivity index (χ3v) is 4.44. The minimum atomic E-state index is -0.311. The molecular formula is C15H20N4O2S. The molecule has 2 heterocycles. The van der Waals surface area contributed by atoms with Crippen LogP contribution in [0.15, 0.2) is 16.2 Å². The van der Waals surface area contributed by atoms with E-state index in [2.05, 4.69) is 15.3 Å². The Morgan fingerprint density at radius 3 is 2.64 bits per heavy atom. The molecule has 1 N–H and O–H groups in total. The number of rotatable bonds is 5. The summed E-state index contributed by atoms with van der Waals surface area (Å²) in [6.45, 7) is 7.78. The van der Waals surface area contributed by atoms with Crippen LogP contribution in [0.25, 0.3) is 0 Å². The number of aryl methyl sites for hydroxylation is 3. The number of carbonyl (C=O) groups is 1. The Morgan fingerprint density at radius 2 is 2.05 bits per heavy atom.